The minimum atomic E-state index is -0.390. The molecule has 0 aliphatic carbocycles. The first-order valence-corrected chi connectivity index (χ1v) is 7.76. The van der Waals surface area contributed by atoms with Crippen LogP contribution in [-0.2, 0) is 4.79 Å². The third-order valence-corrected chi connectivity index (χ3v) is 4.70. The van der Waals surface area contributed by atoms with Gasteiger partial charge in [0.05, 0.1) is 16.0 Å². The van der Waals surface area contributed by atoms with Gasteiger partial charge in [0.1, 0.15) is 0 Å². The smallest absolute Gasteiger partial charge is 0.277 e. The molecule has 1 atom stereocenters. The fraction of sp³-hybridized carbons (Fsp3) is 0.267. The van der Waals surface area contributed by atoms with Gasteiger partial charge in [-0.3, -0.25) is 14.9 Å². The number of hydrogen-bond acceptors (Lipinski definition) is 3. The van der Waals surface area contributed by atoms with E-state index in [-0.39, 0.29) is 22.4 Å². The number of halogens is 1. The topological polar surface area (TPSA) is 63.5 Å². The van der Waals surface area contributed by atoms with E-state index < -0.39 is 0 Å². The van der Waals surface area contributed by atoms with Gasteiger partial charge in [0.25, 0.3) is 5.69 Å². The molecule has 1 aliphatic rings. The molecule has 0 radical (unpaired) electrons. The average Bonchev–Trinajstić information content (AvgIpc) is 2.87. The molecule has 1 aliphatic heterocycles. The Bertz CT molecular complexity index is 732. The van der Waals surface area contributed by atoms with Gasteiger partial charge in [-0.1, -0.05) is 34.1 Å². The summed E-state index contributed by atoms with van der Waals surface area (Å²) in [5.41, 5.74) is 0.822. The molecule has 1 amide bonds. The summed E-state index contributed by atoms with van der Waals surface area (Å²) in [4.78, 5) is 24.7. The molecule has 0 saturated carbocycles. The molecule has 0 bridgehead atoms. The van der Waals surface area contributed by atoms with E-state index in [0.717, 1.165) is 16.4 Å². The van der Waals surface area contributed by atoms with Gasteiger partial charge in [-0.25, -0.2) is 0 Å². The second-order valence-electron chi connectivity index (χ2n) is 5.14. The Morgan fingerprint density at radius 2 is 1.95 bits per heavy atom. The van der Waals surface area contributed by atoms with Crippen molar-refractivity contribution in [2.75, 3.05) is 16.8 Å². The number of anilines is 1. The van der Waals surface area contributed by atoms with Crippen LogP contribution in [0.1, 0.15) is 6.42 Å². The van der Waals surface area contributed by atoms with Crippen LogP contribution in [0.4, 0.5) is 11.4 Å². The highest BCUT2D eigenvalue weighted by Gasteiger charge is 2.31. The van der Waals surface area contributed by atoms with E-state index in [9.17, 15) is 14.9 Å². The van der Waals surface area contributed by atoms with E-state index >= 15 is 0 Å². The number of nitrogens with zero attached hydrogens (tertiary/aromatic N) is 2. The molecule has 6 heteroatoms. The van der Waals surface area contributed by atoms with Gasteiger partial charge in [0, 0.05) is 29.7 Å². The summed E-state index contributed by atoms with van der Waals surface area (Å²) in [6.07, 6.45) is 0.510. The largest absolute Gasteiger partial charge is 0.311 e. The van der Waals surface area contributed by atoms with Crippen molar-refractivity contribution < 1.29 is 9.72 Å². The van der Waals surface area contributed by atoms with Crippen LogP contribution >= 0.6 is 15.9 Å². The van der Waals surface area contributed by atoms with Crippen LogP contribution in [0.2, 0.25) is 0 Å². The molecule has 108 valence electrons. The van der Waals surface area contributed by atoms with Gasteiger partial charge >= 0.3 is 0 Å². The number of hydrogen-bond donors (Lipinski definition) is 0. The lowest BCUT2D eigenvalue weighted by Gasteiger charge is -2.18. The SMILES string of the molecule is O=C1CC(CBr)CN1c1ccc([N+](=O)[O-])c2ccccc12. The van der Waals surface area contributed by atoms with Crippen LogP contribution < -0.4 is 4.90 Å². The molecule has 1 unspecified atom stereocenters. The normalized spacial score (nSPS) is 18.4. The highest BCUT2D eigenvalue weighted by molar-refractivity contribution is 9.09. The number of carbonyl (C=O) groups is 1. The van der Waals surface area contributed by atoms with Crippen molar-refractivity contribution in [3.63, 3.8) is 0 Å². The highest BCUT2D eigenvalue weighted by Crippen LogP contribution is 2.36. The van der Waals surface area contributed by atoms with Crippen LogP contribution in [0, 0.1) is 16.0 Å². The molecule has 3 rings (SSSR count). The predicted octanol–water partition coefficient (Wildman–Crippen LogP) is 3.50. The lowest BCUT2D eigenvalue weighted by molar-refractivity contribution is -0.383. The molecule has 21 heavy (non-hydrogen) atoms. The third-order valence-electron chi connectivity index (χ3n) is 3.79. The van der Waals surface area contributed by atoms with Crippen LogP contribution in [0.3, 0.4) is 0 Å². The first kappa shape index (κ1) is 14.0. The molecule has 5 nitrogen and oxygen atoms in total. The molecule has 2 aromatic carbocycles. The standard InChI is InChI=1S/C15H13BrN2O3/c16-8-10-7-15(19)17(9-10)13-5-6-14(18(20)21)12-4-2-1-3-11(12)13/h1-6,10H,7-9H2. The first-order chi connectivity index (χ1) is 10.1. The molecule has 0 N–H and O–H groups in total. The van der Waals surface area contributed by atoms with Gasteiger partial charge in [-0.2, -0.15) is 0 Å². The van der Waals surface area contributed by atoms with Crippen LogP contribution in [0.25, 0.3) is 10.8 Å². The lowest BCUT2D eigenvalue weighted by Crippen LogP contribution is -2.24. The van der Waals surface area contributed by atoms with Crippen molar-refractivity contribution in [1.29, 1.82) is 0 Å². The number of fused-ring (bicyclic) bond motifs is 1. The summed E-state index contributed by atoms with van der Waals surface area (Å²) in [5.74, 6) is 0.352. The summed E-state index contributed by atoms with van der Waals surface area (Å²) in [7, 11) is 0. The van der Waals surface area contributed by atoms with Crippen LogP contribution in [0.5, 0.6) is 0 Å². The van der Waals surface area contributed by atoms with Gasteiger partial charge < -0.3 is 4.90 Å². The maximum Gasteiger partial charge on any atom is 0.277 e. The Hall–Kier alpha value is -1.95. The van der Waals surface area contributed by atoms with Gasteiger partial charge in [0.2, 0.25) is 5.91 Å². The van der Waals surface area contributed by atoms with Gasteiger partial charge in [-0.15, -0.1) is 0 Å². The number of benzene rings is 2. The Morgan fingerprint density at radius 1 is 1.24 bits per heavy atom. The van der Waals surface area contributed by atoms with Crippen LogP contribution in [-0.4, -0.2) is 22.7 Å². The Labute approximate surface area is 129 Å². The predicted molar refractivity (Wildman–Crippen MR) is 84.9 cm³/mol. The first-order valence-electron chi connectivity index (χ1n) is 6.64. The fourth-order valence-corrected chi connectivity index (χ4v) is 3.21. The lowest BCUT2D eigenvalue weighted by atomic mass is 10.1. The van der Waals surface area contributed by atoms with Crippen molar-refractivity contribution in [2.24, 2.45) is 5.92 Å². The monoisotopic (exact) mass is 348 g/mol. The second kappa shape index (κ2) is 5.44. The number of nitro groups is 1. The molecule has 1 heterocycles. The minimum absolute atomic E-state index is 0.0676. The van der Waals surface area contributed by atoms with E-state index in [1.165, 1.54) is 6.07 Å². The summed E-state index contributed by atoms with van der Waals surface area (Å²) < 4.78 is 0. The zero-order valence-electron chi connectivity index (χ0n) is 11.2. The van der Waals surface area contributed by atoms with Crippen molar-refractivity contribution in [1.82, 2.24) is 0 Å². The fourth-order valence-electron chi connectivity index (χ4n) is 2.78. The molecule has 0 spiro atoms. The van der Waals surface area contributed by atoms with Crippen molar-refractivity contribution in [2.45, 2.75) is 6.42 Å². The van der Waals surface area contributed by atoms with E-state index in [1.807, 2.05) is 12.1 Å². The third kappa shape index (κ3) is 2.40. The number of rotatable bonds is 3. The number of non-ortho nitro benzene ring substituents is 1. The molecule has 1 saturated heterocycles. The summed E-state index contributed by atoms with van der Waals surface area (Å²) in [6.45, 7) is 0.645. The Balaban J connectivity index is 2.14. The number of nitro benzene ring substituents is 1. The van der Waals surface area contributed by atoms with E-state index in [1.54, 1.807) is 23.1 Å². The average molecular weight is 349 g/mol. The van der Waals surface area contributed by atoms with Crippen LogP contribution in [0.15, 0.2) is 36.4 Å². The van der Waals surface area contributed by atoms with Gasteiger partial charge in [-0.05, 0) is 18.1 Å². The molecule has 2 aromatic rings. The minimum Gasteiger partial charge on any atom is -0.311 e. The number of alkyl halides is 1. The van der Waals surface area contributed by atoms with E-state index in [4.69, 9.17) is 0 Å². The highest BCUT2D eigenvalue weighted by atomic mass is 79.9. The van der Waals surface area contributed by atoms with Gasteiger partial charge in [0.15, 0.2) is 0 Å². The maximum absolute atomic E-state index is 12.2. The maximum atomic E-state index is 12.2. The Kier molecular flexibility index (Phi) is 3.63. The second-order valence-corrected chi connectivity index (χ2v) is 5.78. The number of carbonyl (C=O) groups excluding carboxylic acids is 1. The molecule has 1 fully saturated rings. The number of amides is 1. The zero-order chi connectivity index (χ0) is 15.0. The Morgan fingerprint density at radius 3 is 2.57 bits per heavy atom. The molecular formula is C15H13BrN2O3. The van der Waals surface area contributed by atoms with Crippen molar-refractivity contribution in [3.8, 4) is 0 Å². The zero-order valence-corrected chi connectivity index (χ0v) is 12.7. The summed E-state index contributed by atoms with van der Waals surface area (Å²) in [6, 6.07) is 10.3. The summed E-state index contributed by atoms with van der Waals surface area (Å²) >= 11 is 3.42. The molecule has 0 aromatic heterocycles. The van der Waals surface area contributed by atoms with Crippen molar-refractivity contribution >= 4 is 44.0 Å². The van der Waals surface area contributed by atoms with E-state index in [2.05, 4.69) is 15.9 Å². The van der Waals surface area contributed by atoms with E-state index in [0.29, 0.717) is 18.4 Å². The molecular weight excluding hydrogens is 336 g/mol. The summed E-state index contributed by atoms with van der Waals surface area (Å²) in [5, 5.41) is 13.2. The quantitative estimate of drug-likeness (QED) is 0.484. The van der Waals surface area contributed by atoms with Crippen molar-refractivity contribution in [3.05, 3.63) is 46.5 Å².